The first-order chi connectivity index (χ1) is 12.6. The summed E-state index contributed by atoms with van der Waals surface area (Å²) in [4.78, 5) is 18.4. The summed E-state index contributed by atoms with van der Waals surface area (Å²) < 4.78 is 33.2. The fourth-order valence-electron chi connectivity index (χ4n) is 3.97. The second kappa shape index (κ2) is 7.17. The summed E-state index contributed by atoms with van der Waals surface area (Å²) in [5, 5.41) is 5.59. The van der Waals surface area contributed by atoms with Gasteiger partial charge in [-0.25, -0.2) is 18.6 Å². The van der Waals surface area contributed by atoms with Gasteiger partial charge in [0.1, 0.15) is 24.2 Å². The number of alkyl halides is 2. The number of pyridine rings is 1. The van der Waals surface area contributed by atoms with Crippen LogP contribution in [0.25, 0.3) is 0 Å². The standard InChI is InChI=1S/C18H22F2N4O2/c19-13-6-12(7-14(20)8-13)17-3-5-22-24(17)18(25)23-10-16(11-23)26-15-2-1-4-21-9-15/h1-2,4-5,9,12-14,16-17H,3,6-8,10-11H2/t12?,13?,14?,17-/m0/s1. The van der Waals surface area contributed by atoms with Crippen LogP contribution in [0.5, 0.6) is 5.75 Å². The van der Waals surface area contributed by atoms with Gasteiger partial charge in [0, 0.05) is 25.3 Å². The molecule has 4 rings (SSSR count). The van der Waals surface area contributed by atoms with Crippen molar-refractivity contribution in [2.75, 3.05) is 13.1 Å². The lowest BCUT2D eigenvalue weighted by Gasteiger charge is -2.42. The highest BCUT2D eigenvalue weighted by Gasteiger charge is 2.43. The van der Waals surface area contributed by atoms with E-state index in [1.807, 2.05) is 6.07 Å². The summed E-state index contributed by atoms with van der Waals surface area (Å²) in [6.07, 6.45) is 3.74. The molecule has 1 aromatic heterocycles. The van der Waals surface area contributed by atoms with Gasteiger partial charge < -0.3 is 9.64 Å². The molecule has 140 valence electrons. The van der Waals surface area contributed by atoms with Crippen LogP contribution in [0, 0.1) is 5.92 Å². The Kier molecular flexibility index (Phi) is 4.74. The fraction of sp³-hybridized carbons (Fsp3) is 0.611. The van der Waals surface area contributed by atoms with Crippen LogP contribution in [0.15, 0.2) is 29.6 Å². The van der Waals surface area contributed by atoms with Gasteiger partial charge in [-0.2, -0.15) is 5.10 Å². The quantitative estimate of drug-likeness (QED) is 0.829. The summed E-state index contributed by atoms with van der Waals surface area (Å²) >= 11 is 0. The lowest BCUT2D eigenvalue weighted by atomic mass is 9.81. The van der Waals surface area contributed by atoms with E-state index in [4.69, 9.17) is 4.74 Å². The number of nitrogens with zero attached hydrogens (tertiary/aromatic N) is 4. The molecule has 2 fully saturated rings. The predicted octanol–water partition coefficient (Wildman–Crippen LogP) is 2.80. The molecule has 3 heterocycles. The minimum absolute atomic E-state index is 0.0302. The normalized spacial score (nSPS) is 31.8. The molecule has 6 nitrogen and oxygen atoms in total. The number of ether oxygens (including phenoxy) is 1. The molecule has 2 aliphatic heterocycles. The van der Waals surface area contributed by atoms with Crippen LogP contribution in [0.3, 0.4) is 0 Å². The van der Waals surface area contributed by atoms with E-state index in [9.17, 15) is 13.6 Å². The molecule has 0 bridgehead atoms. The number of aromatic nitrogens is 1. The average molecular weight is 364 g/mol. The van der Waals surface area contributed by atoms with Crippen LogP contribution >= 0.6 is 0 Å². The van der Waals surface area contributed by atoms with E-state index >= 15 is 0 Å². The van der Waals surface area contributed by atoms with Crippen LogP contribution in [-0.2, 0) is 0 Å². The zero-order valence-electron chi connectivity index (χ0n) is 14.4. The number of halogens is 2. The predicted molar refractivity (Wildman–Crippen MR) is 91.5 cm³/mol. The summed E-state index contributed by atoms with van der Waals surface area (Å²) in [6, 6.07) is 3.15. The smallest absolute Gasteiger partial charge is 0.340 e. The maximum Gasteiger partial charge on any atom is 0.340 e. The highest BCUT2D eigenvalue weighted by atomic mass is 19.1. The van der Waals surface area contributed by atoms with Crippen LogP contribution in [0.1, 0.15) is 25.7 Å². The topological polar surface area (TPSA) is 58.0 Å². The van der Waals surface area contributed by atoms with Gasteiger partial charge >= 0.3 is 6.03 Å². The maximum absolute atomic E-state index is 13.7. The Balaban J connectivity index is 1.32. The van der Waals surface area contributed by atoms with E-state index in [0.29, 0.717) is 38.1 Å². The van der Waals surface area contributed by atoms with Crippen molar-refractivity contribution in [3.63, 3.8) is 0 Å². The molecule has 0 aromatic carbocycles. The van der Waals surface area contributed by atoms with E-state index in [1.54, 1.807) is 29.6 Å². The van der Waals surface area contributed by atoms with Gasteiger partial charge in [-0.1, -0.05) is 0 Å². The first-order valence-corrected chi connectivity index (χ1v) is 9.05. The van der Waals surface area contributed by atoms with Gasteiger partial charge in [0.25, 0.3) is 0 Å². The molecule has 26 heavy (non-hydrogen) atoms. The molecular weight excluding hydrogens is 342 g/mol. The summed E-state index contributed by atoms with van der Waals surface area (Å²) in [6.45, 7) is 0.934. The molecule has 1 saturated heterocycles. The molecule has 2 unspecified atom stereocenters. The van der Waals surface area contributed by atoms with Crippen molar-refractivity contribution in [3.8, 4) is 5.75 Å². The van der Waals surface area contributed by atoms with Crippen molar-refractivity contribution in [2.24, 2.45) is 11.0 Å². The maximum atomic E-state index is 13.7. The van der Waals surface area contributed by atoms with Gasteiger partial charge in [0.2, 0.25) is 0 Å². The molecule has 1 aliphatic carbocycles. The molecule has 3 atom stereocenters. The Labute approximate surface area is 150 Å². The van der Waals surface area contributed by atoms with E-state index in [1.165, 1.54) is 5.01 Å². The average Bonchev–Trinajstić information content (AvgIpc) is 3.07. The van der Waals surface area contributed by atoms with Crippen molar-refractivity contribution >= 4 is 12.2 Å². The molecular formula is C18H22F2N4O2. The largest absolute Gasteiger partial charge is 0.485 e. The third-order valence-electron chi connectivity index (χ3n) is 5.29. The van der Waals surface area contributed by atoms with Crippen molar-refractivity contribution in [1.29, 1.82) is 0 Å². The second-order valence-electron chi connectivity index (χ2n) is 7.22. The van der Waals surface area contributed by atoms with Crippen LogP contribution in [0.4, 0.5) is 13.6 Å². The van der Waals surface area contributed by atoms with Crippen LogP contribution < -0.4 is 4.74 Å². The molecule has 3 aliphatic rings. The molecule has 8 heteroatoms. The zero-order valence-corrected chi connectivity index (χ0v) is 14.4. The molecule has 0 N–H and O–H groups in total. The molecule has 2 amide bonds. The van der Waals surface area contributed by atoms with Gasteiger partial charge in [-0.3, -0.25) is 4.98 Å². The van der Waals surface area contributed by atoms with Crippen molar-refractivity contribution < 1.29 is 18.3 Å². The Bertz CT molecular complexity index is 658. The Morgan fingerprint density at radius 1 is 1.19 bits per heavy atom. The third-order valence-corrected chi connectivity index (χ3v) is 5.29. The van der Waals surface area contributed by atoms with E-state index in [2.05, 4.69) is 10.1 Å². The molecule has 1 aromatic rings. The molecule has 1 saturated carbocycles. The molecule has 0 spiro atoms. The number of hydrazone groups is 1. The van der Waals surface area contributed by atoms with Gasteiger partial charge in [0.05, 0.1) is 25.3 Å². The number of amides is 2. The zero-order chi connectivity index (χ0) is 18.1. The Hall–Kier alpha value is -2.25. The third kappa shape index (κ3) is 3.50. The van der Waals surface area contributed by atoms with E-state index in [-0.39, 0.29) is 30.5 Å². The minimum atomic E-state index is -1.14. The van der Waals surface area contributed by atoms with Gasteiger partial charge in [-0.05, 0) is 30.9 Å². The Morgan fingerprint density at radius 2 is 1.96 bits per heavy atom. The lowest BCUT2D eigenvalue weighted by molar-refractivity contribution is 0.0165. The lowest BCUT2D eigenvalue weighted by Crippen LogP contribution is -2.60. The number of hydrogen-bond acceptors (Lipinski definition) is 4. The minimum Gasteiger partial charge on any atom is -0.485 e. The number of urea groups is 1. The van der Waals surface area contributed by atoms with Gasteiger partial charge in [0.15, 0.2) is 0 Å². The number of rotatable bonds is 3. The Morgan fingerprint density at radius 3 is 2.65 bits per heavy atom. The van der Waals surface area contributed by atoms with Crippen LogP contribution in [-0.4, -0.2) is 64.7 Å². The summed E-state index contributed by atoms with van der Waals surface area (Å²) in [5.74, 6) is 0.482. The monoisotopic (exact) mass is 364 g/mol. The van der Waals surface area contributed by atoms with Gasteiger partial charge in [-0.15, -0.1) is 0 Å². The van der Waals surface area contributed by atoms with E-state index < -0.39 is 12.3 Å². The van der Waals surface area contributed by atoms with Crippen molar-refractivity contribution in [3.05, 3.63) is 24.5 Å². The number of likely N-dealkylation sites (tertiary alicyclic amines) is 1. The number of carbonyl (C=O) groups excluding carboxylic acids is 1. The molecule has 0 radical (unpaired) electrons. The van der Waals surface area contributed by atoms with Crippen molar-refractivity contribution in [1.82, 2.24) is 14.9 Å². The summed E-state index contributed by atoms with van der Waals surface area (Å²) in [7, 11) is 0. The fourth-order valence-corrected chi connectivity index (χ4v) is 3.97. The first kappa shape index (κ1) is 17.2. The van der Waals surface area contributed by atoms with Crippen LogP contribution in [0.2, 0.25) is 0 Å². The summed E-state index contributed by atoms with van der Waals surface area (Å²) in [5.41, 5.74) is 0. The number of carbonyl (C=O) groups is 1. The first-order valence-electron chi connectivity index (χ1n) is 9.05. The highest BCUT2D eigenvalue weighted by molar-refractivity contribution is 5.79. The second-order valence-corrected chi connectivity index (χ2v) is 7.22. The SMILES string of the molecule is O=C(N1CC(Oc2cccnc2)C1)N1N=CC[C@H]1C1CC(F)CC(F)C1. The number of hydrogen-bond donors (Lipinski definition) is 0. The highest BCUT2D eigenvalue weighted by Crippen LogP contribution is 2.36. The van der Waals surface area contributed by atoms with Crippen molar-refractivity contribution in [2.45, 2.75) is 50.2 Å². The van der Waals surface area contributed by atoms with E-state index in [0.717, 1.165) is 0 Å².